The number of rotatable bonds is 2. The summed E-state index contributed by atoms with van der Waals surface area (Å²) >= 11 is 1.62. The Morgan fingerprint density at radius 1 is 1.26 bits per heavy atom. The van der Waals surface area contributed by atoms with Gasteiger partial charge in [-0.3, -0.25) is 4.79 Å². The Labute approximate surface area is 114 Å². The topological polar surface area (TPSA) is 54.9 Å². The van der Waals surface area contributed by atoms with E-state index in [1.165, 1.54) is 6.92 Å². The number of amides is 1. The van der Waals surface area contributed by atoms with Crippen molar-refractivity contribution in [2.75, 3.05) is 5.32 Å². The van der Waals surface area contributed by atoms with E-state index in [1.807, 2.05) is 35.7 Å². The molecule has 4 nitrogen and oxygen atoms in total. The van der Waals surface area contributed by atoms with Crippen molar-refractivity contribution in [3.63, 3.8) is 0 Å². The van der Waals surface area contributed by atoms with Crippen molar-refractivity contribution < 1.29 is 4.79 Å². The number of aromatic nitrogens is 2. The molecule has 1 N–H and O–H groups in total. The van der Waals surface area contributed by atoms with Gasteiger partial charge in [0.05, 0.1) is 15.9 Å². The summed E-state index contributed by atoms with van der Waals surface area (Å²) in [6, 6.07) is 9.64. The SMILES string of the molecule is CC(=O)Nc1cccc(-c2ncnc3ccsc23)c1. The molecule has 2 aromatic heterocycles. The Bertz CT molecular complexity index is 751. The van der Waals surface area contributed by atoms with Gasteiger partial charge in [-0.25, -0.2) is 9.97 Å². The highest BCUT2D eigenvalue weighted by Crippen LogP contribution is 2.30. The second-order valence-electron chi connectivity index (χ2n) is 4.12. The zero-order chi connectivity index (χ0) is 13.2. The third-order valence-corrected chi connectivity index (χ3v) is 3.61. The highest BCUT2D eigenvalue weighted by Gasteiger charge is 2.08. The number of fused-ring (bicyclic) bond motifs is 1. The van der Waals surface area contributed by atoms with Gasteiger partial charge in [0, 0.05) is 18.2 Å². The Morgan fingerprint density at radius 2 is 2.16 bits per heavy atom. The molecule has 2 heterocycles. The maximum absolute atomic E-state index is 11.1. The first-order chi connectivity index (χ1) is 9.24. The van der Waals surface area contributed by atoms with E-state index < -0.39 is 0 Å². The average molecular weight is 269 g/mol. The third kappa shape index (κ3) is 2.32. The summed E-state index contributed by atoms with van der Waals surface area (Å²) < 4.78 is 1.06. The monoisotopic (exact) mass is 269 g/mol. The van der Waals surface area contributed by atoms with Crippen LogP contribution in [0.4, 0.5) is 5.69 Å². The molecule has 94 valence electrons. The van der Waals surface area contributed by atoms with Crippen LogP contribution in [-0.4, -0.2) is 15.9 Å². The predicted octanol–water partition coefficient (Wildman–Crippen LogP) is 3.32. The van der Waals surface area contributed by atoms with E-state index in [-0.39, 0.29) is 5.91 Å². The van der Waals surface area contributed by atoms with Gasteiger partial charge in [-0.15, -0.1) is 11.3 Å². The summed E-state index contributed by atoms with van der Waals surface area (Å²) in [5.74, 6) is -0.0823. The number of benzene rings is 1. The lowest BCUT2D eigenvalue weighted by molar-refractivity contribution is -0.114. The van der Waals surface area contributed by atoms with E-state index in [9.17, 15) is 4.79 Å². The highest BCUT2D eigenvalue weighted by molar-refractivity contribution is 7.17. The van der Waals surface area contributed by atoms with Gasteiger partial charge in [0.15, 0.2) is 0 Å². The quantitative estimate of drug-likeness (QED) is 0.776. The Hall–Kier alpha value is -2.27. The summed E-state index contributed by atoms with van der Waals surface area (Å²) in [6.45, 7) is 1.49. The zero-order valence-corrected chi connectivity index (χ0v) is 11.1. The molecule has 0 fully saturated rings. The first kappa shape index (κ1) is 11.8. The fourth-order valence-electron chi connectivity index (χ4n) is 1.94. The lowest BCUT2D eigenvalue weighted by Crippen LogP contribution is -2.05. The lowest BCUT2D eigenvalue weighted by Gasteiger charge is -2.06. The molecule has 0 radical (unpaired) electrons. The molecule has 0 bridgehead atoms. The zero-order valence-electron chi connectivity index (χ0n) is 10.3. The normalized spacial score (nSPS) is 10.6. The van der Waals surface area contributed by atoms with Gasteiger partial charge in [0.2, 0.25) is 5.91 Å². The van der Waals surface area contributed by atoms with Crippen molar-refractivity contribution in [2.45, 2.75) is 6.92 Å². The van der Waals surface area contributed by atoms with Crippen LogP contribution in [0.25, 0.3) is 21.5 Å². The number of hydrogen-bond donors (Lipinski definition) is 1. The smallest absolute Gasteiger partial charge is 0.221 e. The highest BCUT2D eigenvalue weighted by atomic mass is 32.1. The minimum absolute atomic E-state index is 0.0823. The van der Waals surface area contributed by atoms with Crippen LogP contribution in [0.3, 0.4) is 0 Å². The van der Waals surface area contributed by atoms with Crippen molar-refractivity contribution in [3.8, 4) is 11.3 Å². The van der Waals surface area contributed by atoms with Crippen molar-refractivity contribution in [3.05, 3.63) is 42.0 Å². The van der Waals surface area contributed by atoms with E-state index in [4.69, 9.17) is 0 Å². The molecule has 0 aliphatic rings. The van der Waals surface area contributed by atoms with Gasteiger partial charge in [0.1, 0.15) is 6.33 Å². The summed E-state index contributed by atoms with van der Waals surface area (Å²) in [5, 5.41) is 4.78. The molecular formula is C14H11N3OS. The summed E-state index contributed by atoms with van der Waals surface area (Å²) in [6.07, 6.45) is 1.56. The Kier molecular flexibility index (Phi) is 2.97. The lowest BCUT2D eigenvalue weighted by atomic mass is 10.1. The number of anilines is 1. The largest absolute Gasteiger partial charge is 0.326 e. The molecule has 0 saturated heterocycles. The van der Waals surface area contributed by atoms with Crippen molar-refractivity contribution in [1.29, 1.82) is 0 Å². The third-order valence-electron chi connectivity index (χ3n) is 2.70. The number of hydrogen-bond acceptors (Lipinski definition) is 4. The molecule has 1 aromatic carbocycles. The van der Waals surface area contributed by atoms with E-state index in [2.05, 4.69) is 15.3 Å². The summed E-state index contributed by atoms with van der Waals surface area (Å²) in [7, 11) is 0. The fourth-order valence-corrected chi connectivity index (χ4v) is 2.80. The first-order valence-corrected chi connectivity index (χ1v) is 6.68. The molecule has 0 saturated carbocycles. The van der Waals surface area contributed by atoms with Crippen LogP contribution < -0.4 is 5.32 Å². The molecule has 5 heteroatoms. The minimum Gasteiger partial charge on any atom is -0.326 e. The van der Waals surface area contributed by atoms with E-state index in [1.54, 1.807) is 17.7 Å². The van der Waals surface area contributed by atoms with Crippen LogP contribution >= 0.6 is 11.3 Å². The molecule has 3 rings (SSSR count). The molecule has 0 aliphatic carbocycles. The molecule has 3 aromatic rings. The van der Waals surface area contributed by atoms with Gasteiger partial charge in [-0.1, -0.05) is 12.1 Å². The van der Waals surface area contributed by atoms with Crippen molar-refractivity contribution in [2.24, 2.45) is 0 Å². The molecule has 0 unspecified atom stereocenters. The van der Waals surface area contributed by atoms with Crippen LogP contribution in [0.5, 0.6) is 0 Å². The standard InChI is InChI=1S/C14H11N3OS/c1-9(18)17-11-4-2-3-10(7-11)13-14-12(5-6-19-14)15-8-16-13/h2-8H,1H3,(H,17,18). The number of nitrogens with zero attached hydrogens (tertiary/aromatic N) is 2. The predicted molar refractivity (Wildman–Crippen MR) is 77.2 cm³/mol. The fraction of sp³-hybridized carbons (Fsp3) is 0.0714. The summed E-state index contributed by atoms with van der Waals surface area (Å²) in [5.41, 5.74) is 3.58. The molecule has 0 atom stereocenters. The van der Waals surface area contributed by atoms with Crippen molar-refractivity contribution >= 4 is 33.1 Å². The number of nitrogens with one attached hydrogen (secondary N) is 1. The maximum atomic E-state index is 11.1. The van der Waals surface area contributed by atoms with Gasteiger partial charge in [-0.05, 0) is 23.6 Å². The van der Waals surface area contributed by atoms with Crippen molar-refractivity contribution in [1.82, 2.24) is 9.97 Å². The molecule has 1 amide bonds. The van der Waals surface area contributed by atoms with Gasteiger partial charge in [0.25, 0.3) is 0 Å². The number of carbonyl (C=O) groups is 1. The van der Waals surface area contributed by atoms with Crippen LogP contribution in [0.15, 0.2) is 42.0 Å². The molecule has 0 aliphatic heterocycles. The number of carbonyl (C=O) groups excluding carboxylic acids is 1. The van der Waals surface area contributed by atoms with Gasteiger partial charge >= 0.3 is 0 Å². The first-order valence-electron chi connectivity index (χ1n) is 5.80. The van der Waals surface area contributed by atoms with Crippen LogP contribution in [-0.2, 0) is 4.79 Å². The Balaban J connectivity index is 2.11. The second-order valence-corrected chi connectivity index (χ2v) is 5.04. The molecular weight excluding hydrogens is 258 g/mol. The van der Waals surface area contributed by atoms with E-state index in [0.717, 1.165) is 27.2 Å². The minimum atomic E-state index is -0.0823. The Morgan fingerprint density at radius 3 is 3.00 bits per heavy atom. The van der Waals surface area contributed by atoms with Gasteiger partial charge < -0.3 is 5.32 Å². The van der Waals surface area contributed by atoms with Crippen LogP contribution in [0.2, 0.25) is 0 Å². The van der Waals surface area contributed by atoms with Gasteiger partial charge in [-0.2, -0.15) is 0 Å². The molecule has 0 spiro atoms. The summed E-state index contributed by atoms with van der Waals surface area (Å²) in [4.78, 5) is 19.7. The average Bonchev–Trinajstić information content (AvgIpc) is 2.86. The van der Waals surface area contributed by atoms with Crippen LogP contribution in [0.1, 0.15) is 6.92 Å². The maximum Gasteiger partial charge on any atom is 0.221 e. The second kappa shape index (κ2) is 4.78. The number of thiophene rings is 1. The van der Waals surface area contributed by atoms with E-state index >= 15 is 0 Å². The molecule has 19 heavy (non-hydrogen) atoms. The van der Waals surface area contributed by atoms with Crippen LogP contribution in [0, 0.1) is 0 Å². The van der Waals surface area contributed by atoms with E-state index in [0.29, 0.717) is 0 Å².